The van der Waals surface area contributed by atoms with E-state index in [0.29, 0.717) is 36.0 Å². The van der Waals surface area contributed by atoms with Crippen LogP contribution in [0.3, 0.4) is 0 Å². The molecule has 1 aliphatic carbocycles. The standard InChI is InChI=1S/C39H31N3O11S/c43-36(40-54(51,52)35-19-7-6-17-34(35)42(49)50)29-21-32(39(47)48)30(22-31(29)38(45)46)37(44)41(33-18-9-12-25-11-4-5-16-28(25)33)23-24-10-8-15-27(20-24)53-26-13-2-1-3-14-26/h1-8,10-11,13-17,19-22,33H,9,12,18,23H2,(H,40,43)(H,45,46)(H,47,48)/t33-/m0/s1. The highest BCUT2D eigenvalue weighted by Gasteiger charge is 2.35. The van der Waals surface area contributed by atoms with Crippen LogP contribution in [0.15, 0.2) is 120 Å². The monoisotopic (exact) mass is 749 g/mol. The summed E-state index contributed by atoms with van der Waals surface area (Å²) in [5.74, 6) is -4.86. The van der Waals surface area contributed by atoms with Crippen LogP contribution in [-0.4, -0.2) is 52.2 Å². The van der Waals surface area contributed by atoms with Crippen molar-refractivity contribution in [1.29, 1.82) is 0 Å². The van der Waals surface area contributed by atoms with Gasteiger partial charge in [-0.1, -0.05) is 66.7 Å². The summed E-state index contributed by atoms with van der Waals surface area (Å²) in [6.07, 6.45) is 1.95. The molecule has 0 bridgehead atoms. The summed E-state index contributed by atoms with van der Waals surface area (Å²) in [6.45, 7) is -0.0539. The lowest BCUT2D eigenvalue weighted by Crippen LogP contribution is -2.37. The van der Waals surface area contributed by atoms with Crippen molar-refractivity contribution in [2.24, 2.45) is 0 Å². The lowest BCUT2D eigenvalue weighted by atomic mass is 9.86. The number of para-hydroxylation sites is 2. The van der Waals surface area contributed by atoms with Gasteiger partial charge in [-0.3, -0.25) is 19.7 Å². The van der Waals surface area contributed by atoms with Gasteiger partial charge in [0.25, 0.3) is 27.5 Å². The van der Waals surface area contributed by atoms with Gasteiger partial charge < -0.3 is 19.8 Å². The highest BCUT2D eigenvalue weighted by atomic mass is 32.2. The van der Waals surface area contributed by atoms with E-state index in [2.05, 4.69) is 0 Å². The van der Waals surface area contributed by atoms with Crippen LogP contribution < -0.4 is 9.46 Å². The van der Waals surface area contributed by atoms with E-state index in [0.717, 1.165) is 35.7 Å². The SMILES string of the molecule is O=C(O)c1cc(C(=O)N(Cc2cccc(Oc3ccccc3)c2)[C@H]2CCCc3ccccc32)c(C(=O)O)cc1C(=O)NS(=O)(=O)c1ccccc1[N+](=O)[O-]. The molecule has 15 heteroatoms. The van der Waals surface area contributed by atoms with Crippen LogP contribution in [-0.2, 0) is 23.0 Å². The molecule has 274 valence electrons. The van der Waals surface area contributed by atoms with E-state index in [-0.39, 0.29) is 6.54 Å². The van der Waals surface area contributed by atoms with Gasteiger partial charge in [-0.25, -0.2) is 22.7 Å². The number of carbonyl (C=O) groups excluding carboxylic acids is 2. The molecular weight excluding hydrogens is 719 g/mol. The van der Waals surface area contributed by atoms with Crippen molar-refractivity contribution < 1.29 is 47.5 Å². The average Bonchev–Trinajstić information content (AvgIpc) is 3.16. The first-order valence-corrected chi connectivity index (χ1v) is 18.0. The number of sulfonamides is 1. The molecule has 1 aliphatic rings. The van der Waals surface area contributed by atoms with Gasteiger partial charge in [-0.15, -0.1) is 0 Å². The number of nitro benzene ring substituents is 1. The minimum absolute atomic E-state index is 0.0539. The number of hydrogen-bond donors (Lipinski definition) is 3. The fourth-order valence-corrected chi connectivity index (χ4v) is 7.58. The third kappa shape index (κ3) is 7.80. The van der Waals surface area contributed by atoms with Gasteiger partial charge in [-0.2, -0.15) is 0 Å². The first-order valence-electron chi connectivity index (χ1n) is 16.5. The van der Waals surface area contributed by atoms with Crippen molar-refractivity contribution in [3.05, 3.63) is 164 Å². The van der Waals surface area contributed by atoms with Gasteiger partial charge >= 0.3 is 11.9 Å². The number of benzene rings is 5. The quantitative estimate of drug-likeness (QED) is 0.0911. The van der Waals surface area contributed by atoms with E-state index in [1.807, 2.05) is 42.5 Å². The third-order valence-electron chi connectivity index (χ3n) is 8.88. The van der Waals surface area contributed by atoms with Gasteiger partial charge in [-0.05, 0) is 78.4 Å². The first kappa shape index (κ1) is 36.9. The summed E-state index contributed by atoms with van der Waals surface area (Å²) in [7, 11) is -4.97. The topological polar surface area (TPSA) is 211 Å². The van der Waals surface area contributed by atoms with Crippen LogP contribution in [0.25, 0.3) is 0 Å². The van der Waals surface area contributed by atoms with Crippen molar-refractivity contribution in [2.75, 3.05) is 0 Å². The predicted octanol–water partition coefficient (Wildman–Crippen LogP) is 6.62. The normalized spacial score (nSPS) is 13.6. The summed E-state index contributed by atoms with van der Waals surface area (Å²) >= 11 is 0. The number of carbonyl (C=O) groups is 4. The highest BCUT2D eigenvalue weighted by molar-refractivity contribution is 7.90. The average molecular weight is 750 g/mol. The lowest BCUT2D eigenvalue weighted by molar-refractivity contribution is -0.387. The van der Waals surface area contributed by atoms with Gasteiger partial charge in [0.1, 0.15) is 11.5 Å². The molecule has 5 aromatic rings. The number of ether oxygens (including phenoxy) is 1. The zero-order valence-corrected chi connectivity index (χ0v) is 29.1. The second kappa shape index (κ2) is 15.4. The number of rotatable bonds is 12. The molecule has 14 nitrogen and oxygen atoms in total. The molecule has 0 radical (unpaired) electrons. The number of fused-ring (bicyclic) bond motifs is 1. The Labute approximate surface area is 308 Å². The molecule has 3 N–H and O–H groups in total. The number of carboxylic acids is 2. The Balaban J connectivity index is 1.42. The predicted molar refractivity (Wildman–Crippen MR) is 193 cm³/mol. The molecule has 0 fully saturated rings. The van der Waals surface area contributed by atoms with E-state index in [4.69, 9.17) is 4.74 Å². The molecule has 54 heavy (non-hydrogen) atoms. The molecule has 0 unspecified atom stereocenters. The summed E-state index contributed by atoms with van der Waals surface area (Å²) in [6, 6.07) is 28.5. The molecule has 0 heterocycles. The number of aromatic carboxylic acids is 2. The van der Waals surface area contributed by atoms with Gasteiger partial charge in [0.2, 0.25) is 0 Å². The first-order chi connectivity index (χ1) is 25.8. The Morgan fingerprint density at radius 1 is 0.778 bits per heavy atom. The summed E-state index contributed by atoms with van der Waals surface area (Å²) in [4.78, 5) is 64.5. The Kier molecular flexibility index (Phi) is 10.5. The van der Waals surface area contributed by atoms with Crippen molar-refractivity contribution in [2.45, 2.75) is 36.7 Å². The molecule has 0 spiro atoms. The molecule has 6 rings (SSSR count). The Morgan fingerprint density at radius 2 is 1.41 bits per heavy atom. The Bertz CT molecular complexity index is 2420. The summed E-state index contributed by atoms with van der Waals surface area (Å²) in [5.41, 5.74) is -1.52. The molecule has 2 amide bonds. The zero-order chi connectivity index (χ0) is 38.6. The van der Waals surface area contributed by atoms with E-state index in [1.54, 1.807) is 41.1 Å². The van der Waals surface area contributed by atoms with E-state index in [9.17, 15) is 47.9 Å². The third-order valence-corrected chi connectivity index (χ3v) is 10.3. The fraction of sp³-hybridized carbons (Fsp3) is 0.128. The van der Waals surface area contributed by atoms with Crippen molar-refractivity contribution in [1.82, 2.24) is 9.62 Å². The summed E-state index contributed by atoms with van der Waals surface area (Å²) < 4.78 is 33.8. The number of nitro groups is 1. The van der Waals surface area contributed by atoms with Crippen molar-refractivity contribution >= 4 is 39.5 Å². The number of hydrogen-bond acceptors (Lipinski definition) is 9. The fourth-order valence-electron chi connectivity index (χ4n) is 6.44. The smallest absolute Gasteiger partial charge is 0.336 e. The molecule has 5 aromatic carbocycles. The second-order valence-electron chi connectivity index (χ2n) is 12.3. The molecule has 1 atom stereocenters. The van der Waals surface area contributed by atoms with Crippen LogP contribution in [0.5, 0.6) is 11.5 Å². The van der Waals surface area contributed by atoms with Crippen molar-refractivity contribution in [3.8, 4) is 11.5 Å². The minimum atomic E-state index is -4.97. The minimum Gasteiger partial charge on any atom is -0.478 e. The largest absolute Gasteiger partial charge is 0.478 e. The van der Waals surface area contributed by atoms with Crippen LogP contribution in [0.1, 0.15) is 77.0 Å². The van der Waals surface area contributed by atoms with Crippen LogP contribution in [0.4, 0.5) is 5.69 Å². The van der Waals surface area contributed by atoms with E-state index >= 15 is 0 Å². The van der Waals surface area contributed by atoms with Crippen LogP contribution >= 0.6 is 0 Å². The maximum Gasteiger partial charge on any atom is 0.336 e. The second-order valence-corrected chi connectivity index (χ2v) is 14.0. The number of nitrogens with zero attached hydrogens (tertiary/aromatic N) is 2. The number of amides is 2. The van der Waals surface area contributed by atoms with E-state index in [1.165, 1.54) is 17.0 Å². The zero-order valence-electron chi connectivity index (χ0n) is 28.2. The van der Waals surface area contributed by atoms with E-state index < -0.39 is 77.6 Å². The van der Waals surface area contributed by atoms with Crippen LogP contribution in [0, 0.1) is 10.1 Å². The molecule has 0 saturated carbocycles. The van der Waals surface area contributed by atoms with Gasteiger partial charge in [0.05, 0.1) is 33.2 Å². The Morgan fingerprint density at radius 3 is 2.13 bits per heavy atom. The maximum absolute atomic E-state index is 14.7. The summed E-state index contributed by atoms with van der Waals surface area (Å²) in [5, 5.41) is 32.0. The molecule has 0 aliphatic heterocycles. The highest BCUT2D eigenvalue weighted by Crippen LogP contribution is 2.37. The van der Waals surface area contributed by atoms with Crippen molar-refractivity contribution in [3.63, 3.8) is 0 Å². The van der Waals surface area contributed by atoms with Gasteiger partial charge in [0.15, 0.2) is 4.90 Å². The molecule has 0 saturated heterocycles. The molecule has 0 aromatic heterocycles. The number of carboxylic acid groups (broad SMARTS) is 2. The Hall–Kier alpha value is -6.87. The maximum atomic E-state index is 14.7. The number of aryl methyl sites for hydroxylation is 1. The lowest BCUT2D eigenvalue weighted by Gasteiger charge is -2.36. The van der Waals surface area contributed by atoms with Gasteiger partial charge in [0, 0.05) is 12.6 Å². The molecular formula is C39H31N3O11S. The number of nitrogens with one attached hydrogen (secondary N) is 1. The van der Waals surface area contributed by atoms with Crippen LogP contribution in [0.2, 0.25) is 0 Å².